The van der Waals surface area contributed by atoms with Gasteiger partial charge in [0.1, 0.15) is 5.69 Å². The molecule has 11 heavy (non-hydrogen) atoms. The molecule has 58 valence electrons. The Morgan fingerprint density at radius 3 is 2.91 bits per heavy atom. The first-order valence-corrected chi connectivity index (χ1v) is 3.70. The number of hydrogen-bond acceptors (Lipinski definition) is 3. The number of aromatic nitrogens is 3. The van der Waals surface area contributed by atoms with E-state index in [2.05, 4.69) is 15.2 Å². The minimum absolute atomic E-state index is 0.802. The van der Waals surface area contributed by atoms with Gasteiger partial charge < -0.3 is 0 Å². The molecule has 0 radical (unpaired) electrons. The maximum atomic E-state index is 4.29. The summed E-state index contributed by atoms with van der Waals surface area (Å²) in [4.78, 5) is 5.86. The lowest BCUT2D eigenvalue weighted by Crippen LogP contribution is -2.01. The van der Waals surface area contributed by atoms with Gasteiger partial charge in [0.25, 0.3) is 0 Å². The maximum Gasteiger partial charge on any atom is 0.197 e. The third-order valence-electron chi connectivity index (χ3n) is 1.78. The molecule has 0 amide bonds. The van der Waals surface area contributed by atoms with E-state index in [0.717, 1.165) is 30.1 Å². The second-order valence-electron chi connectivity index (χ2n) is 2.81. The normalized spacial score (nSPS) is 16.0. The molecular formula is C7H10N4. The highest BCUT2D eigenvalue weighted by atomic mass is 15.5. The van der Waals surface area contributed by atoms with Crippen molar-refractivity contribution in [3.05, 3.63) is 5.69 Å². The van der Waals surface area contributed by atoms with Gasteiger partial charge in [-0.2, -0.15) is 9.90 Å². The van der Waals surface area contributed by atoms with Gasteiger partial charge in [-0.3, -0.25) is 0 Å². The lowest BCUT2D eigenvalue weighted by molar-refractivity contribution is 0.646. The summed E-state index contributed by atoms with van der Waals surface area (Å²) in [5.74, 6) is 0.802. The molecule has 1 aromatic heterocycles. The molecule has 0 saturated carbocycles. The first kappa shape index (κ1) is 6.52. The van der Waals surface area contributed by atoms with Crippen LogP contribution in [0.4, 0.5) is 5.82 Å². The Bertz CT molecular complexity index is 310. The number of hydrogen-bond donors (Lipinski definition) is 0. The Morgan fingerprint density at radius 1 is 1.27 bits per heavy atom. The van der Waals surface area contributed by atoms with Crippen LogP contribution in [0.3, 0.4) is 0 Å². The van der Waals surface area contributed by atoms with Crippen molar-refractivity contribution >= 4 is 11.5 Å². The summed E-state index contributed by atoms with van der Waals surface area (Å²) in [6.07, 6.45) is 2.00. The number of fused-ring (bicyclic) bond motifs is 1. The van der Waals surface area contributed by atoms with E-state index in [0.29, 0.717) is 0 Å². The zero-order chi connectivity index (χ0) is 7.84. The average molecular weight is 150 g/mol. The lowest BCUT2D eigenvalue weighted by Gasteiger charge is -2.03. The molecule has 0 spiro atoms. The first-order valence-electron chi connectivity index (χ1n) is 3.70. The summed E-state index contributed by atoms with van der Waals surface area (Å²) < 4.78 is 0. The number of rotatable bonds is 0. The van der Waals surface area contributed by atoms with E-state index in [1.807, 2.05) is 14.0 Å². The molecule has 0 atom stereocenters. The molecule has 0 unspecified atom stereocenters. The van der Waals surface area contributed by atoms with Gasteiger partial charge >= 0.3 is 0 Å². The van der Waals surface area contributed by atoms with E-state index in [9.17, 15) is 0 Å². The standard InChI is InChI=1S/C7H10N4/c1-5-3-4-6-7(8-5)10-11(2)9-6/h3-4H2,1-2H3. The highest BCUT2D eigenvalue weighted by molar-refractivity contribution is 5.85. The maximum absolute atomic E-state index is 4.29. The molecule has 0 saturated heterocycles. The molecule has 1 aliphatic heterocycles. The van der Waals surface area contributed by atoms with E-state index < -0.39 is 0 Å². The van der Waals surface area contributed by atoms with Gasteiger partial charge in [0.05, 0.1) is 0 Å². The van der Waals surface area contributed by atoms with Gasteiger partial charge in [0.15, 0.2) is 5.82 Å². The van der Waals surface area contributed by atoms with Crippen molar-refractivity contribution in [3.8, 4) is 0 Å². The molecule has 0 bridgehead atoms. The van der Waals surface area contributed by atoms with Crippen molar-refractivity contribution in [3.63, 3.8) is 0 Å². The van der Waals surface area contributed by atoms with E-state index in [1.165, 1.54) is 0 Å². The molecular weight excluding hydrogens is 140 g/mol. The lowest BCUT2D eigenvalue weighted by atomic mass is 10.1. The topological polar surface area (TPSA) is 43.1 Å². The van der Waals surface area contributed by atoms with Crippen LogP contribution in [-0.2, 0) is 13.5 Å². The van der Waals surface area contributed by atoms with Crippen molar-refractivity contribution in [1.82, 2.24) is 15.0 Å². The van der Waals surface area contributed by atoms with Crippen molar-refractivity contribution < 1.29 is 0 Å². The molecule has 2 rings (SSSR count). The fourth-order valence-corrected chi connectivity index (χ4v) is 1.22. The highest BCUT2D eigenvalue weighted by Gasteiger charge is 2.13. The van der Waals surface area contributed by atoms with E-state index >= 15 is 0 Å². The van der Waals surface area contributed by atoms with Gasteiger partial charge in [-0.15, -0.1) is 5.10 Å². The van der Waals surface area contributed by atoms with Crippen molar-refractivity contribution in [2.24, 2.45) is 12.0 Å². The van der Waals surface area contributed by atoms with Crippen LogP contribution < -0.4 is 0 Å². The van der Waals surface area contributed by atoms with Crippen LogP contribution in [0.15, 0.2) is 4.99 Å². The van der Waals surface area contributed by atoms with Crippen LogP contribution in [0.2, 0.25) is 0 Å². The molecule has 1 aromatic rings. The molecule has 0 fully saturated rings. The Balaban J connectivity index is 2.50. The van der Waals surface area contributed by atoms with Gasteiger partial charge in [-0.25, -0.2) is 4.99 Å². The van der Waals surface area contributed by atoms with Crippen molar-refractivity contribution in [2.75, 3.05) is 0 Å². The van der Waals surface area contributed by atoms with Gasteiger partial charge in [0, 0.05) is 19.2 Å². The summed E-state index contributed by atoms with van der Waals surface area (Å²) in [5.41, 5.74) is 2.18. The molecule has 0 aliphatic carbocycles. The van der Waals surface area contributed by atoms with Gasteiger partial charge in [-0.1, -0.05) is 0 Å². The van der Waals surface area contributed by atoms with Gasteiger partial charge in [-0.05, 0) is 13.3 Å². The number of nitrogens with zero attached hydrogens (tertiary/aromatic N) is 4. The summed E-state index contributed by atoms with van der Waals surface area (Å²) in [5, 5.41) is 8.30. The minimum Gasteiger partial charge on any atom is -0.235 e. The monoisotopic (exact) mass is 150 g/mol. The predicted molar refractivity (Wildman–Crippen MR) is 42.1 cm³/mol. The molecule has 0 N–H and O–H groups in total. The largest absolute Gasteiger partial charge is 0.235 e. The summed E-state index contributed by atoms with van der Waals surface area (Å²) >= 11 is 0. The van der Waals surface area contributed by atoms with Crippen LogP contribution in [0.25, 0.3) is 0 Å². The second-order valence-corrected chi connectivity index (χ2v) is 2.81. The zero-order valence-electron chi connectivity index (χ0n) is 6.70. The Morgan fingerprint density at radius 2 is 2.09 bits per heavy atom. The van der Waals surface area contributed by atoms with Crippen LogP contribution in [0, 0.1) is 0 Å². The molecule has 2 heterocycles. The summed E-state index contributed by atoms with van der Waals surface area (Å²) in [6, 6.07) is 0. The smallest absolute Gasteiger partial charge is 0.197 e. The third-order valence-corrected chi connectivity index (χ3v) is 1.78. The van der Waals surface area contributed by atoms with Crippen molar-refractivity contribution in [2.45, 2.75) is 19.8 Å². The first-order chi connectivity index (χ1) is 5.25. The zero-order valence-corrected chi connectivity index (χ0v) is 6.70. The van der Waals surface area contributed by atoms with E-state index in [-0.39, 0.29) is 0 Å². The predicted octanol–water partition coefficient (Wildman–Crippen LogP) is 0.854. The average Bonchev–Trinajstić information content (AvgIpc) is 2.27. The van der Waals surface area contributed by atoms with E-state index in [1.54, 1.807) is 4.80 Å². The third kappa shape index (κ3) is 1.04. The fraction of sp³-hybridized carbons (Fsp3) is 0.571. The van der Waals surface area contributed by atoms with Crippen LogP contribution in [0.5, 0.6) is 0 Å². The Labute approximate surface area is 64.9 Å². The summed E-state index contributed by atoms with van der Waals surface area (Å²) in [6.45, 7) is 2.03. The quantitative estimate of drug-likeness (QED) is 0.550. The highest BCUT2D eigenvalue weighted by Crippen LogP contribution is 2.20. The molecule has 1 aliphatic rings. The Hall–Kier alpha value is -1.19. The SMILES string of the molecule is CC1=Nc2nn(C)nc2CC1. The van der Waals surface area contributed by atoms with Gasteiger partial charge in [0.2, 0.25) is 0 Å². The molecule has 4 nitrogen and oxygen atoms in total. The molecule has 4 heteroatoms. The summed E-state index contributed by atoms with van der Waals surface area (Å²) in [7, 11) is 1.82. The number of aryl methyl sites for hydroxylation is 2. The Kier molecular flexibility index (Phi) is 1.27. The van der Waals surface area contributed by atoms with Crippen LogP contribution in [-0.4, -0.2) is 20.7 Å². The number of aliphatic imine (C=N–C) groups is 1. The minimum atomic E-state index is 0.802. The van der Waals surface area contributed by atoms with Crippen LogP contribution in [0.1, 0.15) is 19.0 Å². The van der Waals surface area contributed by atoms with Crippen LogP contribution >= 0.6 is 0 Å². The van der Waals surface area contributed by atoms with Crippen molar-refractivity contribution in [1.29, 1.82) is 0 Å². The van der Waals surface area contributed by atoms with E-state index in [4.69, 9.17) is 0 Å². The molecule has 0 aromatic carbocycles. The second kappa shape index (κ2) is 2.15. The fourth-order valence-electron chi connectivity index (χ4n) is 1.22.